The lowest BCUT2D eigenvalue weighted by Crippen LogP contribution is -2.32. The topological polar surface area (TPSA) is 72.6 Å². The average Bonchev–Trinajstić information content (AvgIpc) is 2.22. The summed E-state index contributed by atoms with van der Waals surface area (Å²) in [6, 6.07) is 4.06. The van der Waals surface area contributed by atoms with Crippen LogP contribution in [0.25, 0.3) is 0 Å². The fourth-order valence-corrected chi connectivity index (χ4v) is 1.56. The fourth-order valence-electron chi connectivity index (χ4n) is 1.31. The monoisotopic (exact) mass is 245 g/mol. The third-order valence-electron chi connectivity index (χ3n) is 2.13. The van der Waals surface area contributed by atoms with Gasteiger partial charge in [-0.05, 0) is 30.5 Å². The first-order chi connectivity index (χ1) is 7.54. The van der Waals surface area contributed by atoms with Gasteiger partial charge in [-0.25, -0.2) is 0 Å². The van der Waals surface area contributed by atoms with Crippen molar-refractivity contribution < 1.29 is 18.0 Å². The second kappa shape index (κ2) is 5.72. The molecule has 88 valence electrons. The molecule has 0 amide bonds. The van der Waals surface area contributed by atoms with Crippen molar-refractivity contribution >= 4 is 18.4 Å². The van der Waals surface area contributed by atoms with Crippen LogP contribution < -0.4 is 9.92 Å². The van der Waals surface area contributed by atoms with Crippen molar-refractivity contribution in [3.8, 4) is 5.75 Å². The highest BCUT2D eigenvalue weighted by Crippen LogP contribution is 2.23. The molecule has 0 spiro atoms. The first-order valence-corrected chi connectivity index (χ1v) is 5.22. The van der Waals surface area contributed by atoms with Gasteiger partial charge in [0.1, 0.15) is 11.8 Å². The molecule has 3 N–H and O–H groups in total. The third kappa shape index (κ3) is 3.39. The summed E-state index contributed by atoms with van der Waals surface area (Å²) < 4.78 is 16.5. The molecule has 6 heteroatoms. The highest BCUT2D eigenvalue weighted by atomic mass is 32.2. The van der Waals surface area contributed by atoms with Crippen LogP contribution in [0.4, 0.5) is 3.89 Å². The Labute approximate surface area is 97.1 Å². The predicted octanol–water partition coefficient (Wildman–Crippen LogP) is 1.86. The molecule has 16 heavy (non-hydrogen) atoms. The molecule has 0 fully saturated rings. The van der Waals surface area contributed by atoms with E-state index in [1.165, 1.54) is 0 Å². The maximum Gasteiger partial charge on any atom is 0.320 e. The minimum atomic E-state index is -1.04. The molecule has 1 aromatic carbocycles. The minimum absolute atomic E-state index is 0.225. The summed E-state index contributed by atoms with van der Waals surface area (Å²) in [6.45, 7) is 1.75. The molecule has 0 heterocycles. The first kappa shape index (κ1) is 12.8. The van der Waals surface area contributed by atoms with Gasteiger partial charge in [0, 0.05) is 0 Å². The van der Waals surface area contributed by atoms with E-state index in [-0.39, 0.29) is 18.8 Å². The van der Waals surface area contributed by atoms with Crippen LogP contribution in [0.1, 0.15) is 11.1 Å². The molecule has 1 rings (SSSR count). The average molecular weight is 245 g/mol. The highest BCUT2D eigenvalue weighted by molar-refractivity contribution is 7.89. The number of carboxylic acids is 1. The molecule has 1 unspecified atom stereocenters. The molecule has 0 saturated carbocycles. The van der Waals surface area contributed by atoms with Crippen LogP contribution in [-0.2, 0) is 11.2 Å². The van der Waals surface area contributed by atoms with E-state index in [1.54, 1.807) is 25.1 Å². The van der Waals surface area contributed by atoms with Crippen LogP contribution >= 0.6 is 12.4 Å². The molecule has 0 aliphatic heterocycles. The van der Waals surface area contributed by atoms with Gasteiger partial charge in [0.25, 0.3) is 12.4 Å². The Bertz CT molecular complexity index is 386. The van der Waals surface area contributed by atoms with E-state index < -0.39 is 12.0 Å². The minimum Gasteiger partial charge on any atom is -0.480 e. The molecule has 0 radical (unpaired) electrons. The summed E-state index contributed by atoms with van der Waals surface area (Å²) in [7, 11) is 0. The van der Waals surface area contributed by atoms with E-state index in [2.05, 4.69) is 4.18 Å². The van der Waals surface area contributed by atoms with Crippen LogP contribution in [0.3, 0.4) is 0 Å². The largest absolute Gasteiger partial charge is 0.480 e. The Balaban J connectivity index is 2.77. The van der Waals surface area contributed by atoms with E-state index in [1.807, 2.05) is 0 Å². The Hall–Kier alpha value is -1.27. The van der Waals surface area contributed by atoms with Crippen molar-refractivity contribution in [2.45, 2.75) is 19.4 Å². The molecule has 1 aromatic rings. The second-order valence-corrected chi connectivity index (χ2v) is 3.69. The summed E-state index contributed by atoms with van der Waals surface area (Å²) in [4.78, 5) is 10.6. The van der Waals surface area contributed by atoms with Crippen LogP contribution in [0.5, 0.6) is 5.75 Å². The number of rotatable bonds is 5. The molecular formula is C10H12FNO3S. The molecule has 1 atom stereocenters. The number of benzene rings is 1. The van der Waals surface area contributed by atoms with Crippen molar-refractivity contribution in [2.24, 2.45) is 5.73 Å². The van der Waals surface area contributed by atoms with E-state index in [0.717, 1.165) is 11.1 Å². The van der Waals surface area contributed by atoms with Crippen LogP contribution in [0.2, 0.25) is 0 Å². The molecular weight excluding hydrogens is 233 g/mol. The molecule has 0 aliphatic rings. The van der Waals surface area contributed by atoms with Gasteiger partial charge < -0.3 is 15.0 Å². The Kier molecular flexibility index (Phi) is 4.57. The van der Waals surface area contributed by atoms with Gasteiger partial charge in [-0.2, -0.15) is 0 Å². The van der Waals surface area contributed by atoms with E-state index in [9.17, 15) is 8.68 Å². The van der Waals surface area contributed by atoms with Gasteiger partial charge in [-0.15, -0.1) is 3.89 Å². The van der Waals surface area contributed by atoms with Crippen molar-refractivity contribution in [1.29, 1.82) is 0 Å². The summed E-state index contributed by atoms with van der Waals surface area (Å²) in [5, 5.41) is 8.65. The zero-order valence-corrected chi connectivity index (χ0v) is 9.46. The van der Waals surface area contributed by atoms with Gasteiger partial charge in [-0.1, -0.05) is 12.1 Å². The molecule has 0 saturated heterocycles. The van der Waals surface area contributed by atoms with Gasteiger partial charge in [0.05, 0.1) is 0 Å². The van der Waals surface area contributed by atoms with Crippen molar-refractivity contribution in [2.75, 3.05) is 0 Å². The van der Waals surface area contributed by atoms with Crippen LogP contribution in [0.15, 0.2) is 18.2 Å². The van der Waals surface area contributed by atoms with Gasteiger partial charge in [-0.3, -0.25) is 4.79 Å². The van der Waals surface area contributed by atoms with Crippen molar-refractivity contribution in [1.82, 2.24) is 0 Å². The van der Waals surface area contributed by atoms with Gasteiger partial charge in [0.15, 0.2) is 0 Å². The lowest BCUT2D eigenvalue weighted by molar-refractivity contribution is -0.138. The lowest BCUT2D eigenvalue weighted by atomic mass is 10.0. The fraction of sp³-hybridized carbons (Fsp3) is 0.300. The number of carbonyl (C=O) groups is 1. The summed E-state index contributed by atoms with van der Waals surface area (Å²) in [5.41, 5.74) is 6.92. The number of hydrogen-bond acceptors (Lipinski definition) is 4. The van der Waals surface area contributed by atoms with Crippen LogP contribution in [-0.4, -0.2) is 17.1 Å². The summed E-state index contributed by atoms with van der Waals surface area (Å²) in [5.74, 6) is -0.627. The van der Waals surface area contributed by atoms with Gasteiger partial charge in [0.2, 0.25) is 0 Å². The summed E-state index contributed by atoms with van der Waals surface area (Å²) >= 11 is -0.225. The van der Waals surface area contributed by atoms with E-state index in [4.69, 9.17) is 10.8 Å². The predicted molar refractivity (Wildman–Crippen MR) is 59.8 cm³/mol. The zero-order chi connectivity index (χ0) is 12.1. The number of aryl methyl sites for hydroxylation is 1. The van der Waals surface area contributed by atoms with E-state index >= 15 is 0 Å². The third-order valence-corrected chi connectivity index (χ3v) is 2.38. The van der Waals surface area contributed by atoms with Crippen molar-refractivity contribution in [3.05, 3.63) is 29.3 Å². The lowest BCUT2D eigenvalue weighted by Gasteiger charge is -2.09. The molecule has 0 aromatic heterocycles. The normalized spacial score (nSPS) is 12.2. The highest BCUT2D eigenvalue weighted by Gasteiger charge is 2.12. The zero-order valence-electron chi connectivity index (χ0n) is 8.64. The Morgan fingerprint density at radius 3 is 2.88 bits per heavy atom. The Morgan fingerprint density at radius 2 is 2.38 bits per heavy atom. The maximum absolute atomic E-state index is 11.9. The number of aliphatic carboxylic acids is 1. The summed E-state index contributed by atoms with van der Waals surface area (Å²) in [6.07, 6.45) is 0.235. The number of carboxylic acid groups (broad SMARTS) is 1. The van der Waals surface area contributed by atoms with Crippen LogP contribution in [0, 0.1) is 6.92 Å². The van der Waals surface area contributed by atoms with Gasteiger partial charge >= 0.3 is 5.97 Å². The molecule has 0 aliphatic carbocycles. The van der Waals surface area contributed by atoms with E-state index in [0.29, 0.717) is 5.75 Å². The standard InChI is InChI=1S/C10H12FNO3S/c1-6-4-7(5-8(12)10(13)14)2-3-9(6)15-16-11/h2-4,8H,5,12H2,1H3,(H,13,14). The molecule has 0 bridgehead atoms. The number of halogens is 1. The SMILES string of the molecule is Cc1cc(CC(N)C(=O)O)ccc1OSF. The number of nitrogens with two attached hydrogens (primary N) is 1. The van der Waals surface area contributed by atoms with Crippen molar-refractivity contribution in [3.63, 3.8) is 0 Å². The second-order valence-electron chi connectivity index (χ2n) is 3.40. The molecule has 4 nitrogen and oxygen atoms in total. The maximum atomic E-state index is 11.9. The Morgan fingerprint density at radius 1 is 1.69 bits per heavy atom. The smallest absolute Gasteiger partial charge is 0.320 e. The first-order valence-electron chi connectivity index (χ1n) is 4.57. The quantitative estimate of drug-likeness (QED) is 0.775. The number of hydrogen-bond donors (Lipinski definition) is 2.